The molecule has 0 aromatic heterocycles. The van der Waals surface area contributed by atoms with Gasteiger partial charge >= 0.3 is 0 Å². The maximum absolute atomic E-state index is 6.01. The second kappa shape index (κ2) is 5.94. The van der Waals surface area contributed by atoms with Gasteiger partial charge in [-0.15, -0.1) is 0 Å². The van der Waals surface area contributed by atoms with E-state index in [4.69, 9.17) is 29.6 Å². The van der Waals surface area contributed by atoms with Crippen LogP contribution in [0.5, 0.6) is 0 Å². The van der Waals surface area contributed by atoms with Crippen LogP contribution in [-0.4, -0.2) is 22.5 Å². The molecule has 1 saturated heterocycles. The van der Waals surface area contributed by atoms with Gasteiger partial charge in [0.15, 0.2) is 0 Å². The lowest BCUT2D eigenvalue weighted by atomic mass is 10.1. The van der Waals surface area contributed by atoms with Gasteiger partial charge in [0.25, 0.3) is 0 Å². The van der Waals surface area contributed by atoms with Crippen molar-refractivity contribution in [2.75, 3.05) is 16.8 Å². The van der Waals surface area contributed by atoms with Gasteiger partial charge in [-0.3, -0.25) is 0 Å². The zero-order valence-electron chi connectivity index (χ0n) is 9.41. The predicted octanol–water partition coefficient (Wildman–Crippen LogP) is 3.28. The van der Waals surface area contributed by atoms with Crippen LogP contribution in [-0.2, 0) is 0 Å². The first-order valence-electron chi connectivity index (χ1n) is 5.60. The summed E-state index contributed by atoms with van der Waals surface area (Å²) in [6.07, 6.45) is 2.35. The summed E-state index contributed by atoms with van der Waals surface area (Å²) < 4.78 is 0. The average Bonchev–Trinajstić information content (AvgIpc) is 2.30. The first kappa shape index (κ1) is 13.0. The molecule has 1 fully saturated rings. The zero-order valence-corrected chi connectivity index (χ0v) is 11.8. The second-order valence-corrected chi connectivity index (χ2v) is 6.19. The minimum Gasteiger partial charge on any atom is -0.389 e. The van der Waals surface area contributed by atoms with Crippen LogP contribution in [0.25, 0.3) is 0 Å². The fourth-order valence-electron chi connectivity index (χ4n) is 1.91. The number of anilines is 1. The van der Waals surface area contributed by atoms with E-state index in [-0.39, 0.29) is 0 Å². The highest BCUT2D eigenvalue weighted by atomic mass is 35.5. The molecule has 0 bridgehead atoms. The van der Waals surface area contributed by atoms with Crippen molar-refractivity contribution in [3.05, 3.63) is 28.8 Å². The average molecular weight is 287 g/mol. The Kier molecular flexibility index (Phi) is 4.54. The van der Waals surface area contributed by atoms with Crippen LogP contribution in [0, 0.1) is 0 Å². The van der Waals surface area contributed by atoms with E-state index in [2.05, 4.69) is 5.32 Å². The molecule has 0 atom stereocenters. The molecule has 0 amide bonds. The summed E-state index contributed by atoms with van der Waals surface area (Å²) in [4.78, 5) is 0.411. The Labute approximate surface area is 116 Å². The molecule has 3 N–H and O–H groups in total. The molecule has 1 heterocycles. The lowest BCUT2D eigenvalue weighted by Crippen LogP contribution is -2.26. The summed E-state index contributed by atoms with van der Waals surface area (Å²) in [6.45, 7) is 0. The van der Waals surface area contributed by atoms with Crippen LogP contribution >= 0.6 is 35.6 Å². The van der Waals surface area contributed by atoms with Gasteiger partial charge in [0.1, 0.15) is 4.99 Å². The monoisotopic (exact) mass is 286 g/mol. The maximum Gasteiger partial charge on any atom is 0.106 e. The molecular formula is C12H15ClN2S2. The molecule has 0 unspecified atom stereocenters. The van der Waals surface area contributed by atoms with E-state index >= 15 is 0 Å². The summed E-state index contributed by atoms with van der Waals surface area (Å²) >= 11 is 13.1. The molecule has 0 aliphatic carbocycles. The topological polar surface area (TPSA) is 38.0 Å². The zero-order chi connectivity index (χ0) is 12.3. The summed E-state index contributed by atoms with van der Waals surface area (Å²) in [5.41, 5.74) is 7.55. The highest BCUT2D eigenvalue weighted by molar-refractivity contribution is 7.99. The third kappa shape index (κ3) is 3.50. The number of hydrogen-bond acceptors (Lipinski definition) is 3. The molecular weight excluding hydrogens is 272 g/mol. The summed E-state index contributed by atoms with van der Waals surface area (Å²) in [7, 11) is 0. The normalized spacial score (nSPS) is 16.8. The number of halogens is 1. The number of thiocarbonyl (C=S) groups is 1. The van der Waals surface area contributed by atoms with Crippen LogP contribution in [0.3, 0.4) is 0 Å². The van der Waals surface area contributed by atoms with Crippen molar-refractivity contribution in [2.24, 2.45) is 5.73 Å². The number of benzene rings is 1. The van der Waals surface area contributed by atoms with Crippen LogP contribution in [0.2, 0.25) is 5.02 Å². The summed E-state index contributed by atoms with van der Waals surface area (Å²) in [6, 6.07) is 6.10. The number of hydrogen-bond donors (Lipinski definition) is 2. The minimum absolute atomic E-state index is 0.411. The first-order valence-corrected chi connectivity index (χ1v) is 7.54. The molecule has 2 nitrogen and oxygen atoms in total. The molecule has 92 valence electrons. The lowest BCUT2D eigenvalue weighted by Gasteiger charge is -2.25. The third-order valence-electron chi connectivity index (χ3n) is 2.83. The Morgan fingerprint density at radius 1 is 1.41 bits per heavy atom. The van der Waals surface area contributed by atoms with Gasteiger partial charge in [0, 0.05) is 22.3 Å². The molecule has 1 aliphatic heterocycles. The summed E-state index contributed by atoms with van der Waals surface area (Å²) in [5, 5.41) is 4.21. The Balaban J connectivity index is 2.17. The SMILES string of the molecule is NC(=S)c1ccc(Cl)cc1NC1CCSCC1. The Hall–Kier alpha value is -0.450. The molecule has 1 aromatic carbocycles. The minimum atomic E-state index is 0.411. The number of nitrogens with one attached hydrogen (secondary N) is 1. The molecule has 0 radical (unpaired) electrons. The van der Waals surface area contributed by atoms with Crippen molar-refractivity contribution in [1.82, 2.24) is 0 Å². The van der Waals surface area contributed by atoms with Crippen molar-refractivity contribution in [3.63, 3.8) is 0 Å². The second-order valence-electron chi connectivity index (χ2n) is 4.09. The quantitative estimate of drug-likeness (QED) is 0.837. The molecule has 2 rings (SSSR count). The molecule has 0 saturated carbocycles. The Bertz CT molecular complexity index is 417. The number of thioether (sulfide) groups is 1. The van der Waals surface area contributed by atoms with Gasteiger partial charge in [-0.05, 0) is 42.5 Å². The predicted molar refractivity (Wildman–Crippen MR) is 81.3 cm³/mol. The van der Waals surface area contributed by atoms with E-state index < -0.39 is 0 Å². The van der Waals surface area contributed by atoms with Gasteiger partial charge in [-0.1, -0.05) is 23.8 Å². The standard InChI is InChI=1S/C12H15ClN2S2/c13-8-1-2-10(12(14)16)11(7-8)15-9-3-5-17-6-4-9/h1-2,7,9,15H,3-6H2,(H2,14,16). The van der Waals surface area contributed by atoms with Crippen molar-refractivity contribution >= 4 is 46.3 Å². The maximum atomic E-state index is 6.01. The molecule has 0 spiro atoms. The van der Waals surface area contributed by atoms with Gasteiger partial charge in [-0.2, -0.15) is 11.8 Å². The van der Waals surface area contributed by atoms with E-state index in [9.17, 15) is 0 Å². The van der Waals surface area contributed by atoms with E-state index in [1.165, 1.54) is 24.3 Å². The summed E-state index contributed by atoms with van der Waals surface area (Å²) in [5.74, 6) is 2.42. The third-order valence-corrected chi connectivity index (χ3v) is 4.33. The van der Waals surface area contributed by atoms with Crippen molar-refractivity contribution < 1.29 is 0 Å². The van der Waals surface area contributed by atoms with Gasteiger partial charge in [0.05, 0.1) is 0 Å². The highest BCUT2D eigenvalue weighted by Gasteiger charge is 2.15. The van der Waals surface area contributed by atoms with Crippen LogP contribution < -0.4 is 11.1 Å². The Morgan fingerprint density at radius 3 is 2.76 bits per heavy atom. The first-order chi connectivity index (χ1) is 8.16. The highest BCUT2D eigenvalue weighted by Crippen LogP contribution is 2.25. The van der Waals surface area contributed by atoms with Gasteiger partial charge in [-0.25, -0.2) is 0 Å². The van der Waals surface area contributed by atoms with Crippen LogP contribution in [0.15, 0.2) is 18.2 Å². The van der Waals surface area contributed by atoms with Crippen LogP contribution in [0.1, 0.15) is 18.4 Å². The van der Waals surface area contributed by atoms with Crippen molar-refractivity contribution in [1.29, 1.82) is 0 Å². The molecule has 1 aliphatic rings. The molecule has 1 aromatic rings. The van der Waals surface area contributed by atoms with Crippen molar-refractivity contribution in [3.8, 4) is 0 Å². The fourth-order valence-corrected chi connectivity index (χ4v) is 3.37. The van der Waals surface area contributed by atoms with E-state index in [1.54, 1.807) is 0 Å². The van der Waals surface area contributed by atoms with E-state index in [1.807, 2.05) is 30.0 Å². The number of nitrogens with two attached hydrogens (primary N) is 1. The smallest absolute Gasteiger partial charge is 0.106 e. The molecule has 17 heavy (non-hydrogen) atoms. The van der Waals surface area contributed by atoms with Crippen molar-refractivity contribution in [2.45, 2.75) is 18.9 Å². The van der Waals surface area contributed by atoms with Gasteiger partial charge in [0.2, 0.25) is 0 Å². The lowest BCUT2D eigenvalue weighted by molar-refractivity contribution is 0.667. The molecule has 5 heteroatoms. The Morgan fingerprint density at radius 2 is 2.12 bits per heavy atom. The van der Waals surface area contributed by atoms with Gasteiger partial charge < -0.3 is 11.1 Å². The van der Waals surface area contributed by atoms with E-state index in [0.29, 0.717) is 16.1 Å². The van der Waals surface area contributed by atoms with Crippen LogP contribution in [0.4, 0.5) is 5.69 Å². The number of rotatable bonds is 3. The largest absolute Gasteiger partial charge is 0.389 e. The van der Waals surface area contributed by atoms with E-state index in [0.717, 1.165) is 11.3 Å². The fraction of sp³-hybridized carbons (Fsp3) is 0.417.